The lowest BCUT2D eigenvalue weighted by molar-refractivity contribution is 0.378. The molecule has 4 aromatic rings. The van der Waals surface area contributed by atoms with Crippen LogP contribution in [0.5, 0.6) is 0 Å². The van der Waals surface area contributed by atoms with Gasteiger partial charge in [-0.1, -0.05) is 44.7 Å². The van der Waals surface area contributed by atoms with E-state index in [2.05, 4.69) is 10.2 Å². The van der Waals surface area contributed by atoms with Gasteiger partial charge in [0.25, 0.3) is 5.56 Å². The molecule has 1 aliphatic carbocycles. The van der Waals surface area contributed by atoms with Crippen LogP contribution >= 0.6 is 23.1 Å². The van der Waals surface area contributed by atoms with E-state index < -0.39 is 5.82 Å². The number of thioether (sulfide) groups is 1. The minimum Gasteiger partial charge on any atom is -0.424 e. The minimum atomic E-state index is -0.463. The first-order valence-corrected chi connectivity index (χ1v) is 12.4. The lowest BCUT2D eigenvalue weighted by atomic mass is 9.97. The van der Waals surface area contributed by atoms with Gasteiger partial charge in [0.05, 0.1) is 16.8 Å². The van der Waals surface area contributed by atoms with Gasteiger partial charge in [-0.3, -0.25) is 9.36 Å². The highest BCUT2D eigenvalue weighted by Gasteiger charge is 2.25. The second-order valence-corrected chi connectivity index (χ2v) is 10.9. The summed E-state index contributed by atoms with van der Waals surface area (Å²) in [7, 11) is 0. The fourth-order valence-corrected chi connectivity index (χ4v) is 6.01. The number of hydrogen-bond donors (Lipinski definition) is 0. The van der Waals surface area contributed by atoms with Gasteiger partial charge in [0.2, 0.25) is 11.8 Å². The van der Waals surface area contributed by atoms with Crippen LogP contribution in [0.2, 0.25) is 0 Å². The van der Waals surface area contributed by atoms with E-state index in [4.69, 9.17) is 9.40 Å². The van der Waals surface area contributed by atoms with E-state index in [1.165, 1.54) is 27.3 Å². The number of nitrogens with zero attached hydrogens (tertiary/aromatic N) is 4. The number of aryl methyl sites for hydroxylation is 2. The molecule has 0 unspecified atom stereocenters. The molecular weight excluding hydrogens is 447 g/mol. The summed E-state index contributed by atoms with van der Waals surface area (Å²) in [6, 6.07) is 6.30. The first-order chi connectivity index (χ1) is 15.3. The third-order valence-electron chi connectivity index (χ3n) is 5.48. The highest BCUT2D eigenvalue weighted by molar-refractivity contribution is 7.98. The smallest absolute Gasteiger partial charge is 0.267 e. The molecule has 0 aliphatic heterocycles. The number of fused-ring (bicyclic) bond motifs is 3. The summed E-state index contributed by atoms with van der Waals surface area (Å²) in [4.78, 5) is 20.4. The van der Waals surface area contributed by atoms with Crippen LogP contribution in [0.1, 0.15) is 55.8 Å². The van der Waals surface area contributed by atoms with Crippen LogP contribution in [0.4, 0.5) is 4.39 Å². The fraction of sp³-hybridized carbons (Fsp3) is 0.391. The molecule has 0 saturated carbocycles. The number of rotatable bonds is 4. The van der Waals surface area contributed by atoms with Crippen molar-refractivity contribution in [3.05, 3.63) is 62.7 Å². The van der Waals surface area contributed by atoms with Crippen LogP contribution in [0.3, 0.4) is 0 Å². The molecule has 0 fully saturated rings. The highest BCUT2D eigenvalue weighted by Crippen LogP contribution is 2.36. The normalized spacial score (nSPS) is 14.1. The molecule has 32 heavy (non-hydrogen) atoms. The standard InChI is InChI=1S/C23H23FN4O2S2/c1-23(2,3)21-27-26-17(30-21)12-31-22-25-19-18(13-8-4-7-11-16(13)32-19)20(29)28(22)15-10-6-5-9-14(15)24/h5-6,9-10H,4,7-8,11-12H2,1-3H3. The SMILES string of the molecule is CC(C)(C)c1nnc(CSc2nc3sc4c(c3c(=O)n2-c2ccccc2F)CCCC4)o1. The van der Waals surface area contributed by atoms with Gasteiger partial charge in [0.15, 0.2) is 5.16 Å². The molecule has 0 spiro atoms. The summed E-state index contributed by atoms with van der Waals surface area (Å²) in [6.45, 7) is 6.00. The lowest BCUT2D eigenvalue weighted by Gasteiger charge is -2.14. The molecule has 0 amide bonds. The number of para-hydroxylation sites is 1. The molecule has 1 aromatic carbocycles. The van der Waals surface area contributed by atoms with E-state index in [1.807, 2.05) is 20.8 Å². The number of benzene rings is 1. The zero-order valence-corrected chi connectivity index (χ0v) is 19.8. The van der Waals surface area contributed by atoms with Crippen LogP contribution in [0.15, 0.2) is 38.6 Å². The Labute approximate surface area is 192 Å². The predicted octanol–water partition coefficient (Wildman–Crippen LogP) is 5.44. The second kappa shape index (κ2) is 8.12. The molecule has 0 saturated heterocycles. The van der Waals surface area contributed by atoms with Gasteiger partial charge in [-0.05, 0) is 43.4 Å². The Hall–Kier alpha value is -2.52. The van der Waals surface area contributed by atoms with Gasteiger partial charge in [-0.25, -0.2) is 9.37 Å². The largest absolute Gasteiger partial charge is 0.424 e. The number of thiophene rings is 1. The van der Waals surface area contributed by atoms with Gasteiger partial charge in [0.1, 0.15) is 10.6 Å². The average Bonchev–Trinajstić information content (AvgIpc) is 3.38. The van der Waals surface area contributed by atoms with E-state index in [9.17, 15) is 9.18 Å². The molecule has 0 bridgehead atoms. The molecule has 9 heteroatoms. The fourth-order valence-electron chi connectivity index (χ4n) is 3.87. The lowest BCUT2D eigenvalue weighted by Crippen LogP contribution is -2.23. The van der Waals surface area contributed by atoms with Crippen molar-refractivity contribution in [1.29, 1.82) is 0 Å². The van der Waals surface area contributed by atoms with Crippen LogP contribution in [0, 0.1) is 5.82 Å². The van der Waals surface area contributed by atoms with Crippen molar-refractivity contribution < 1.29 is 8.81 Å². The van der Waals surface area contributed by atoms with Gasteiger partial charge in [-0.2, -0.15) is 0 Å². The number of aromatic nitrogens is 4. The van der Waals surface area contributed by atoms with Crippen LogP contribution in [-0.4, -0.2) is 19.7 Å². The minimum absolute atomic E-state index is 0.200. The Morgan fingerprint density at radius 1 is 1.19 bits per heavy atom. The molecule has 0 N–H and O–H groups in total. The van der Waals surface area contributed by atoms with E-state index >= 15 is 0 Å². The molecule has 3 aromatic heterocycles. The average molecular weight is 471 g/mol. The quantitative estimate of drug-likeness (QED) is 0.292. The van der Waals surface area contributed by atoms with E-state index in [0.717, 1.165) is 36.1 Å². The predicted molar refractivity (Wildman–Crippen MR) is 124 cm³/mol. The van der Waals surface area contributed by atoms with Crippen molar-refractivity contribution in [2.24, 2.45) is 0 Å². The van der Waals surface area contributed by atoms with Crippen molar-refractivity contribution in [3.63, 3.8) is 0 Å². The molecule has 6 nitrogen and oxygen atoms in total. The zero-order chi connectivity index (χ0) is 22.5. The molecular formula is C23H23FN4O2S2. The van der Waals surface area contributed by atoms with Gasteiger partial charge in [0, 0.05) is 10.3 Å². The van der Waals surface area contributed by atoms with Crippen molar-refractivity contribution >= 4 is 33.3 Å². The van der Waals surface area contributed by atoms with Gasteiger partial charge >= 0.3 is 0 Å². The van der Waals surface area contributed by atoms with E-state index in [-0.39, 0.29) is 16.7 Å². The van der Waals surface area contributed by atoms with Crippen molar-refractivity contribution in [3.8, 4) is 5.69 Å². The Balaban J connectivity index is 1.62. The number of hydrogen-bond acceptors (Lipinski definition) is 7. The van der Waals surface area contributed by atoms with Crippen LogP contribution < -0.4 is 5.56 Å². The molecule has 1 aliphatic rings. The van der Waals surface area contributed by atoms with Crippen molar-refractivity contribution in [2.75, 3.05) is 0 Å². The summed E-state index contributed by atoms with van der Waals surface area (Å²) in [5, 5.41) is 9.31. The second-order valence-electron chi connectivity index (χ2n) is 8.92. The summed E-state index contributed by atoms with van der Waals surface area (Å²) in [5.74, 6) is 0.865. The topological polar surface area (TPSA) is 73.8 Å². The first-order valence-electron chi connectivity index (χ1n) is 10.6. The number of halogens is 1. The maximum Gasteiger partial charge on any atom is 0.267 e. The third kappa shape index (κ3) is 3.77. The van der Waals surface area contributed by atoms with E-state index in [1.54, 1.807) is 29.5 Å². The van der Waals surface area contributed by atoms with Crippen LogP contribution in [0.25, 0.3) is 15.9 Å². The molecule has 0 radical (unpaired) electrons. The Bertz CT molecular complexity index is 1370. The monoisotopic (exact) mass is 470 g/mol. The molecule has 166 valence electrons. The Kier molecular flexibility index (Phi) is 5.41. The highest BCUT2D eigenvalue weighted by atomic mass is 32.2. The van der Waals surface area contributed by atoms with Crippen molar-refractivity contribution in [1.82, 2.24) is 19.7 Å². The zero-order valence-electron chi connectivity index (χ0n) is 18.1. The molecule has 3 heterocycles. The summed E-state index contributed by atoms with van der Waals surface area (Å²) >= 11 is 2.88. The summed E-state index contributed by atoms with van der Waals surface area (Å²) < 4.78 is 22.0. The van der Waals surface area contributed by atoms with E-state index in [0.29, 0.717) is 28.1 Å². The third-order valence-corrected chi connectivity index (χ3v) is 7.59. The molecule has 5 rings (SSSR count). The summed E-state index contributed by atoms with van der Waals surface area (Å²) in [5.41, 5.74) is 0.814. The maximum atomic E-state index is 14.8. The maximum absolute atomic E-state index is 14.8. The van der Waals surface area contributed by atoms with Gasteiger partial charge < -0.3 is 4.42 Å². The van der Waals surface area contributed by atoms with Gasteiger partial charge in [-0.15, -0.1) is 21.5 Å². The van der Waals surface area contributed by atoms with Crippen LogP contribution in [-0.2, 0) is 24.0 Å². The Morgan fingerprint density at radius 3 is 2.72 bits per heavy atom. The Morgan fingerprint density at radius 2 is 1.97 bits per heavy atom. The molecule has 0 atom stereocenters. The first kappa shape index (κ1) is 21.3. The van der Waals surface area contributed by atoms with Crippen molar-refractivity contribution in [2.45, 2.75) is 62.8 Å². The summed E-state index contributed by atoms with van der Waals surface area (Å²) in [6.07, 6.45) is 4.01.